The number of carbonyl (C=O) groups excluding carboxylic acids is 1. The highest BCUT2D eigenvalue weighted by molar-refractivity contribution is 5.94. The lowest BCUT2D eigenvalue weighted by atomic mass is 10.1. The minimum atomic E-state index is -0.0305. The molecule has 1 rings (SSSR count). The van der Waals surface area contributed by atoms with E-state index in [0.717, 1.165) is 5.56 Å². The van der Waals surface area contributed by atoms with Crippen molar-refractivity contribution >= 4 is 5.91 Å². The van der Waals surface area contributed by atoms with Gasteiger partial charge in [0.1, 0.15) is 0 Å². The van der Waals surface area contributed by atoms with Crippen LogP contribution in [0.4, 0.5) is 0 Å². The molecule has 0 heterocycles. The van der Waals surface area contributed by atoms with Crippen LogP contribution in [0.15, 0.2) is 24.3 Å². The monoisotopic (exact) mass is 173 g/mol. The number of carbonyl (C=O) groups is 1. The predicted molar refractivity (Wildman–Crippen MR) is 52.4 cm³/mol. The topological polar surface area (TPSA) is 20.3 Å². The Balaban J connectivity index is 3.04. The standard InChI is InChI=1S/C11H11NO/c1-4-9-6-5-7-10(8-9)11(13)12(2)3/h1,5-8H,2-3H3. The van der Waals surface area contributed by atoms with Gasteiger partial charge in [-0.3, -0.25) is 4.79 Å². The van der Waals surface area contributed by atoms with Gasteiger partial charge < -0.3 is 4.90 Å². The van der Waals surface area contributed by atoms with Gasteiger partial charge in [0.15, 0.2) is 0 Å². The lowest BCUT2D eigenvalue weighted by Crippen LogP contribution is -2.21. The summed E-state index contributed by atoms with van der Waals surface area (Å²) in [5.74, 6) is 2.46. The molecule has 1 amide bonds. The number of rotatable bonds is 1. The van der Waals surface area contributed by atoms with E-state index in [1.54, 1.807) is 38.4 Å². The average Bonchev–Trinajstić information content (AvgIpc) is 2.16. The molecule has 0 spiro atoms. The fourth-order valence-electron chi connectivity index (χ4n) is 1.00. The van der Waals surface area contributed by atoms with E-state index in [0.29, 0.717) is 5.56 Å². The number of benzene rings is 1. The molecule has 0 aliphatic rings. The molecule has 13 heavy (non-hydrogen) atoms. The van der Waals surface area contributed by atoms with Crippen LogP contribution in [0.2, 0.25) is 0 Å². The zero-order valence-corrected chi connectivity index (χ0v) is 7.74. The third-order valence-electron chi connectivity index (χ3n) is 1.68. The Labute approximate surface area is 78.2 Å². The molecule has 1 aromatic carbocycles. The Bertz CT molecular complexity index is 361. The summed E-state index contributed by atoms with van der Waals surface area (Å²) in [6.45, 7) is 0. The second-order valence-electron chi connectivity index (χ2n) is 2.92. The SMILES string of the molecule is C#Cc1cccc(C(=O)N(C)C)c1. The highest BCUT2D eigenvalue weighted by Crippen LogP contribution is 2.05. The first-order valence-corrected chi connectivity index (χ1v) is 3.93. The number of nitrogens with zero attached hydrogens (tertiary/aromatic N) is 1. The minimum absolute atomic E-state index is 0.0305. The third-order valence-corrected chi connectivity index (χ3v) is 1.68. The summed E-state index contributed by atoms with van der Waals surface area (Å²) < 4.78 is 0. The summed E-state index contributed by atoms with van der Waals surface area (Å²) in [4.78, 5) is 13.0. The molecule has 0 saturated carbocycles. The quantitative estimate of drug-likeness (QED) is 0.587. The van der Waals surface area contributed by atoms with E-state index in [1.165, 1.54) is 4.90 Å². The molecular formula is C11H11NO. The second-order valence-corrected chi connectivity index (χ2v) is 2.92. The normalized spacial score (nSPS) is 9.00. The number of terminal acetylenes is 1. The van der Waals surface area contributed by atoms with Crippen molar-refractivity contribution in [2.45, 2.75) is 0 Å². The number of hydrogen-bond donors (Lipinski definition) is 0. The summed E-state index contributed by atoms with van der Waals surface area (Å²) in [6.07, 6.45) is 5.22. The van der Waals surface area contributed by atoms with Crippen LogP contribution < -0.4 is 0 Å². The van der Waals surface area contributed by atoms with Crippen LogP contribution in [0.1, 0.15) is 15.9 Å². The van der Waals surface area contributed by atoms with Gasteiger partial charge >= 0.3 is 0 Å². The summed E-state index contributed by atoms with van der Waals surface area (Å²) in [5.41, 5.74) is 1.35. The molecule has 0 saturated heterocycles. The fraction of sp³-hybridized carbons (Fsp3) is 0.182. The van der Waals surface area contributed by atoms with Crippen molar-refractivity contribution in [2.24, 2.45) is 0 Å². The van der Waals surface area contributed by atoms with Gasteiger partial charge in [0.05, 0.1) is 0 Å². The van der Waals surface area contributed by atoms with Gasteiger partial charge in [0.25, 0.3) is 5.91 Å². The van der Waals surface area contributed by atoms with E-state index >= 15 is 0 Å². The molecule has 0 bridgehead atoms. The lowest BCUT2D eigenvalue weighted by molar-refractivity contribution is 0.0827. The molecule has 0 atom stereocenters. The van der Waals surface area contributed by atoms with Gasteiger partial charge in [-0.1, -0.05) is 12.0 Å². The van der Waals surface area contributed by atoms with Crippen LogP contribution in [-0.4, -0.2) is 24.9 Å². The molecule has 0 unspecified atom stereocenters. The molecule has 1 aromatic rings. The van der Waals surface area contributed by atoms with Crippen molar-refractivity contribution in [3.05, 3.63) is 35.4 Å². The van der Waals surface area contributed by atoms with Crippen LogP contribution in [0, 0.1) is 12.3 Å². The predicted octanol–water partition coefficient (Wildman–Crippen LogP) is 1.37. The second kappa shape index (κ2) is 3.77. The van der Waals surface area contributed by atoms with Gasteiger partial charge in [-0.2, -0.15) is 0 Å². The maximum absolute atomic E-state index is 11.5. The van der Waals surface area contributed by atoms with Gasteiger partial charge in [-0.05, 0) is 18.2 Å². The Morgan fingerprint density at radius 2 is 2.15 bits per heavy atom. The van der Waals surface area contributed by atoms with E-state index < -0.39 is 0 Å². The van der Waals surface area contributed by atoms with Crippen molar-refractivity contribution < 1.29 is 4.79 Å². The van der Waals surface area contributed by atoms with Crippen molar-refractivity contribution in [3.63, 3.8) is 0 Å². The van der Waals surface area contributed by atoms with Crippen molar-refractivity contribution in [2.75, 3.05) is 14.1 Å². The summed E-state index contributed by atoms with van der Waals surface area (Å²) in [5, 5.41) is 0. The maximum Gasteiger partial charge on any atom is 0.253 e. The molecule has 0 radical (unpaired) electrons. The largest absolute Gasteiger partial charge is 0.345 e. The summed E-state index contributed by atoms with van der Waals surface area (Å²) in [6, 6.07) is 7.05. The Kier molecular flexibility index (Phi) is 2.71. The van der Waals surface area contributed by atoms with Gasteiger partial charge in [-0.15, -0.1) is 6.42 Å². The summed E-state index contributed by atoms with van der Waals surface area (Å²) in [7, 11) is 3.43. The van der Waals surface area contributed by atoms with E-state index in [2.05, 4.69) is 5.92 Å². The molecular weight excluding hydrogens is 162 g/mol. The molecule has 0 aliphatic carbocycles. The smallest absolute Gasteiger partial charge is 0.253 e. The zero-order chi connectivity index (χ0) is 9.84. The third kappa shape index (κ3) is 2.09. The van der Waals surface area contributed by atoms with Gasteiger partial charge in [0.2, 0.25) is 0 Å². The molecule has 66 valence electrons. The minimum Gasteiger partial charge on any atom is -0.345 e. The molecule has 2 heteroatoms. The van der Waals surface area contributed by atoms with Crippen molar-refractivity contribution in [3.8, 4) is 12.3 Å². The lowest BCUT2D eigenvalue weighted by Gasteiger charge is -2.09. The first-order chi connectivity index (χ1) is 6.15. The van der Waals surface area contributed by atoms with E-state index in [9.17, 15) is 4.79 Å². The van der Waals surface area contributed by atoms with Gasteiger partial charge in [-0.25, -0.2) is 0 Å². The van der Waals surface area contributed by atoms with Crippen molar-refractivity contribution in [1.29, 1.82) is 0 Å². The zero-order valence-electron chi connectivity index (χ0n) is 7.74. The highest BCUT2D eigenvalue weighted by Gasteiger charge is 2.06. The highest BCUT2D eigenvalue weighted by atomic mass is 16.2. The molecule has 0 N–H and O–H groups in total. The van der Waals surface area contributed by atoms with Crippen LogP contribution in [0.25, 0.3) is 0 Å². The van der Waals surface area contributed by atoms with Crippen LogP contribution >= 0.6 is 0 Å². The van der Waals surface area contributed by atoms with Crippen molar-refractivity contribution in [1.82, 2.24) is 4.90 Å². The Morgan fingerprint density at radius 1 is 1.46 bits per heavy atom. The van der Waals surface area contributed by atoms with Crippen LogP contribution in [0.3, 0.4) is 0 Å². The first-order valence-electron chi connectivity index (χ1n) is 3.93. The molecule has 0 fully saturated rings. The number of amides is 1. The average molecular weight is 173 g/mol. The van der Waals surface area contributed by atoms with E-state index in [-0.39, 0.29) is 5.91 Å². The fourth-order valence-corrected chi connectivity index (χ4v) is 1.00. The Hall–Kier alpha value is -1.75. The molecule has 2 nitrogen and oxygen atoms in total. The Morgan fingerprint density at radius 3 is 2.69 bits per heavy atom. The van der Waals surface area contributed by atoms with Gasteiger partial charge in [0, 0.05) is 25.2 Å². The molecule has 0 aromatic heterocycles. The maximum atomic E-state index is 11.5. The van der Waals surface area contributed by atoms with E-state index in [1.807, 2.05) is 0 Å². The van der Waals surface area contributed by atoms with E-state index in [4.69, 9.17) is 6.42 Å². The summed E-state index contributed by atoms with van der Waals surface area (Å²) >= 11 is 0. The first kappa shape index (κ1) is 9.34. The molecule has 0 aliphatic heterocycles. The number of hydrogen-bond acceptors (Lipinski definition) is 1. The van der Waals surface area contributed by atoms with Crippen LogP contribution in [-0.2, 0) is 0 Å². The van der Waals surface area contributed by atoms with Crippen LogP contribution in [0.5, 0.6) is 0 Å².